The number of likely N-dealkylation sites (N-methyl/N-ethyl adjacent to an activating group) is 1. The van der Waals surface area contributed by atoms with E-state index in [1.165, 1.54) is 0 Å². The van der Waals surface area contributed by atoms with Crippen molar-refractivity contribution in [1.29, 1.82) is 0 Å². The Morgan fingerprint density at radius 2 is 2.33 bits per heavy atom. The van der Waals surface area contributed by atoms with Gasteiger partial charge in [0.05, 0.1) is 6.20 Å². The molecule has 1 atom stereocenters. The minimum atomic E-state index is 0.202. The Labute approximate surface area is 123 Å². The zero-order chi connectivity index (χ0) is 14.8. The average molecular weight is 288 g/mol. The number of carbonyl (C=O) groups excluding carboxylic acids is 1. The van der Waals surface area contributed by atoms with Gasteiger partial charge in [0.2, 0.25) is 5.91 Å². The molecule has 7 heteroatoms. The summed E-state index contributed by atoms with van der Waals surface area (Å²) in [6.45, 7) is 3.54. The van der Waals surface area contributed by atoms with Crippen molar-refractivity contribution in [3.8, 4) is 0 Å². The van der Waals surface area contributed by atoms with E-state index in [1.54, 1.807) is 11.1 Å². The van der Waals surface area contributed by atoms with Gasteiger partial charge in [-0.3, -0.25) is 4.79 Å². The molecule has 112 valence electrons. The van der Waals surface area contributed by atoms with Crippen LogP contribution in [0.1, 0.15) is 19.8 Å². The lowest BCUT2D eigenvalue weighted by atomic mass is 10.1. The van der Waals surface area contributed by atoms with E-state index in [9.17, 15) is 4.79 Å². The van der Waals surface area contributed by atoms with Crippen molar-refractivity contribution in [2.75, 3.05) is 30.8 Å². The van der Waals surface area contributed by atoms with Gasteiger partial charge in [0.15, 0.2) is 11.5 Å². The summed E-state index contributed by atoms with van der Waals surface area (Å²) in [6, 6.07) is 0.206. The van der Waals surface area contributed by atoms with E-state index in [2.05, 4.69) is 20.6 Å². The second kappa shape index (κ2) is 5.59. The molecule has 1 fully saturated rings. The van der Waals surface area contributed by atoms with Gasteiger partial charge in [-0.05, 0) is 13.3 Å². The van der Waals surface area contributed by atoms with Crippen molar-refractivity contribution in [2.24, 2.45) is 0 Å². The van der Waals surface area contributed by atoms with E-state index in [-0.39, 0.29) is 11.9 Å². The highest BCUT2D eigenvalue weighted by Gasteiger charge is 2.23. The van der Waals surface area contributed by atoms with Crippen LogP contribution in [0, 0.1) is 0 Å². The number of hydrogen-bond donors (Lipinski definition) is 2. The maximum atomic E-state index is 11.6. The topological polar surface area (TPSA) is 74.6 Å². The number of likely N-dealkylation sites (tertiary alicyclic amines) is 1. The molecule has 1 unspecified atom stereocenters. The third-order valence-corrected chi connectivity index (χ3v) is 3.70. The van der Waals surface area contributed by atoms with Crippen LogP contribution in [0.25, 0.3) is 5.65 Å². The van der Waals surface area contributed by atoms with Crippen LogP contribution in [-0.4, -0.2) is 51.4 Å². The number of carbonyl (C=O) groups is 1. The fourth-order valence-electron chi connectivity index (χ4n) is 2.62. The Kier molecular flexibility index (Phi) is 3.64. The highest BCUT2D eigenvalue weighted by atomic mass is 16.2. The number of piperidine rings is 1. The molecule has 0 bridgehead atoms. The molecule has 0 radical (unpaired) electrons. The Morgan fingerprint density at radius 1 is 1.48 bits per heavy atom. The van der Waals surface area contributed by atoms with Crippen molar-refractivity contribution < 1.29 is 4.79 Å². The number of amides is 1. The van der Waals surface area contributed by atoms with Gasteiger partial charge >= 0.3 is 0 Å². The van der Waals surface area contributed by atoms with Crippen LogP contribution >= 0.6 is 0 Å². The van der Waals surface area contributed by atoms with Crippen LogP contribution in [0.4, 0.5) is 11.6 Å². The average Bonchev–Trinajstić information content (AvgIpc) is 2.92. The molecule has 1 amide bonds. The van der Waals surface area contributed by atoms with Crippen LogP contribution in [0.2, 0.25) is 0 Å². The fraction of sp³-hybridized carbons (Fsp3) is 0.500. The first-order chi connectivity index (χ1) is 10.2. The Morgan fingerprint density at radius 3 is 3.10 bits per heavy atom. The first kappa shape index (κ1) is 13.7. The SMILES string of the molecule is CCNc1cn2ccnc2c(NC2CCC(=O)N(C)C2)n1. The van der Waals surface area contributed by atoms with Gasteiger partial charge in [0.25, 0.3) is 0 Å². The van der Waals surface area contributed by atoms with Crippen molar-refractivity contribution in [2.45, 2.75) is 25.8 Å². The summed E-state index contributed by atoms with van der Waals surface area (Å²) in [6.07, 6.45) is 6.98. The number of hydrogen-bond acceptors (Lipinski definition) is 5. The molecule has 3 rings (SSSR count). The van der Waals surface area contributed by atoms with E-state index >= 15 is 0 Å². The Bertz CT molecular complexity index is 652. The first-order valence-corrected chi connectivity index (χ1v) is 7.25. The van der Waals surface area contributed by atoms with Crippen molar-refractivity contribution in [3.63, 3.8) is 0 Å². The van der Waals surface area contributed by atoms with Crippen molar-refractivity contribution >= 4 is 23.2 Å². The van der Waals surface area contributed by atoms with Gasteiger partial charge < -0.3 is 19.9 Å². The number of aromatic nitrogens is 3. The van der Waals surface area contributed by atoms with Gasteiger partial charge in [-0.15, -0.1) is 0 Å². The van der Waals surface area contributed by atoms with Gasteiger partial charge in [-0.1, -0.05) is 0 Å². The number of nitrogens with one attached hydrogen (secondary N) is 2. The molecule has 1 aliphatic heterocycles. The monoisotopic (exact) mass is 288 g/mol. The maximum Gasteiger partial charge on any atom is 0.222 e. The fourth-order valence-corrected chi connectivity index (χ4v) is 2.62. The Balaban J connectivity index is 1.85. The van der Waals surface area contributed by atoms with E-state index in [1.807, 2.05) is 30.8 Å². The van der Waals surface area contributed by atoms with Crippen LogP contribution < -0.4 is 10.6 Å². The molecule has 1 aliphatic rings. The largest absolute Gasteiger partial charge is 0.369 e. The normalized spacial score (nSPS) is 19.0. The zero-order valence-electron chi connectivity index (χ0n) is 12.3. The van der Waals surface area contributed by atoms with Crippen LogP contribution in [0.3, 0.4) is 0 Å². The number of imidazole rings is 1. The molecule has 0 saturated carbocycles. The summed E-state index contributed by atoms with van der Waals surface area (Å²) in [5.41, 5.74) is 0.802. The van der Waals surface area contributed by atoms with Crippen LogP contribution in [-0.2, 0) is 4.79 Å². The number of anilines is 2. The van der Waals surface area contributed by atoms with Crippen molar-refractivity contribution in [1.82, 2.24) is 19.3 Å². The molecular formula is C14H20N6O. The quantitative estimate of drug-likeness (QED) is 0.884. The molecule has 3 heterocycles. The predicted molar refractivity (Wildman–Crippen MR) is 81.4 cm³/mol. The number of nitrogens with zero attached hydrogens (tertiary/aromatic N) is 4. The maximum absolute atomic E-state index is 11.6. The predicted octanol–water partition coefficient (Wildman–Crippen LogP) is 1.19. The van der Waals surface area contributed by atoms with E-state index in [0.717, 1.165) is 30.2 Å². The molecular weight excluding hydrogens is 268 g/mol. The first-order valence-electron chi connectivity index (χ1n) is 7.25. The summed E-state index contributed by atoms with van der Waals surface area (Å²) >= 11 is 0. The lowest BCUT2D eigenvalue weighted by molar-refractivity contribution is -0.132. The molecule has 2 aromatic rings. The Hall–Kier alpha value is -2.31. The molecule has 1 saturated heterocycles. The smallest absolute Gasteiger partial charge is 0.222 e. The number of fused-ring (bicyclic) bond motifs is 1. The van der Waals surface area contributed by atoms with Crippen molar-refractivity contribution in [3.05, 3.63) is 18.6 Å². The van der Waals surface area contributed by atoms with E-state index in [0.29, 0.717) is 13.0 Å². The summed E-state index contributed by atoms with van der Waals surface area (Å²) in [5.74, 6) is 1.77. The second-order valence-electron chi connectivity index (χ2n) is 5.32. The summed E-state index contributed by atoms with van der Waals surface area (Å²) in [5, 5.41) is 6.65. The van der Waals surface area contributed by atoms with E-state index in [4.69, 9.17) is 0 Å². The lowest BCUT2D eigenvalue weighted by Crippen LogP contribution is -2.43. The zero-order valence-corrected chi connectivity index (χ0v) is 12.3. The van der Waals surface area contributed by atoms with Crippen LogP contribution in [0.15, 0.2) is 18.6 Å². The minimum Gasteiger partial charge on any atom is -0.369 e. The summed E-state index contributed by atoms with van der Waals surface area (Å²) < 4.78 is 1.95. The van der Waals surface area contributed by atoms with Gasteiger partial charge in [0, 0.05) is 45.0 Å². The molecule has 0 aliphatic carbocycles. The van der Waals surface area contributed by atoms with Gasteiger partial charge in [-0.2, -0.15) is 0 Å². The summed E-state index contributed by atoms with van der Waals surface area (Å²) in [4.78, 5) is 22.3. The third kappa shape index (κ3) is 2.76. The minimum absolute atomic E-state index is 0.202. The molecule has 21 heavy (non-hydrogen) atoms. The van der Waals surface area contributed by atoms with Crippen LogP contribution in [0.5, 0.6) is 0 Å². The molecule has 2 N–H and O–H groups in total. The summed E-state index contributed by atoms with van der Waals surface area (Å²) in [7, 11) is 1.84. The lowest BCUT2D eigenvalue weighted by Gasteiger charge is -2.30. The number of rotatable bonds is 4. The van der Waals surface area contributed by atoms with E-state index < -0.39 is 0 Å². The van der Waals surface area contributed by atoms with Gasteiger partial charge in [-0.25, -0.2) is 9.97 Å². The highest BCUT2D eigenvalue weighted by molar-refractivity contribution is 5.77. The molecule has 0 spiro atoms. The molecule has 0 aromatic carbocycles. The standard InChI is InChI=1S/C14H20N6O/c1-3-15-11-9-20-7-6-16-14(20)13(18-11)17-10-4-5-12(21)19(2)8-10/h6-7,9-10,15H,3-5,8H2,1-2H3,(H,17,18). The molecule has 2 aromatic heterocycles. The molecule has 7 nitrogen and oxygen atoms in total. The highest BCUT2D eigenvalue weighted by Crippen LogP contribution is 2.20. The third-order valence-electron chi connectivity index (χ3n) is 3.70. The van der Waals surface area contributed by atoms with Gasteiger partial charge in [0.1, 0.15) is 5.82 Å². The second-order valence-corrected chi connectivity index (χ2v) is 5.32.